The number of amides is 1. The van der Waals surface area contributed by atoms with Crippen LogP contribution in [0, 0.1) is 19.3 Å². The Hall–Kier alpha value is -2.58. The molecule has 0 atom stereocenters. The van der Waals surface area contributed by atoms with Gasteiger partial charge in [0.1, 0.15) is 0 Å². The van der Waals surface area contributed by atoms with E-state index in [1.165, 1.54) is 34.1 Å². The second kappa shape index (κ2) is 7.44. The summed E-state index contributed by atoms with van der Waals surface area (Å²) in [6, 6.07) is 12.3. The van der Waals surface area contributed by atoms with E-state index in [9.17, 15) is 4.79 Å². The number of hydrazone groups is 1. The van der Waals surface area contributed by atoms with Crippen LogP contribution in [-0.4, -0.2) is 37.1 Å². The number of carbonyl (C=O) groups is 1. The van der Waals surface area contributed by atoms with Gasteiger partial charge in [0.15, 0.2) is 10.2 Å². The van der Waals surface area contributed by atoms with Crippen LogP contribution in [0.2, 0.25) is 0 Å². The van der Waals surface area contributed by atoms with Crippen LogP contribution in [0.5, 0.6) is 0 Å². The molecule has 2 aliphatic rings. The first-order valence-electron chi connectivity index (χ1n) is 8.73. The molecule has 142 valence electrons. The van der Waals surface area contributed by atoms with E-state index in [-0.39, 0.29) is 11.4 Å². The summed E-state index contributed by atoms with van der Waals surface area (Å²) in [5, 5.41) is 14.7. The number of nitrogens with zero attached hydrogens (tertiary/aromatic N) is 4. The summed E-state index contributed by atoms with van der Waals surface area (Å²) in [6.07, 6.45) is 3.67. The number of aromatic nitrogens is 1. The van der Waals surface area contributed by atoms with Crippen molar-refractivity contribution in [1.29, 1.82) is 5.41 Å². The zero-order valence-corrected chi connectivity index (χ0v) is 17.4. The molecule has 3 heterocycles. The van der Waals surface area contributed by atoms with Gasteiger partial charge in [-0.25, -0.2) is 0 Å². The molecule has 0 fully saturated rings. The molecule has 1 aromatic heterocycles. The van der Waals surface area contributed by atoms with E-state index in [0.717, 1.165) is 27.9 Å². The van der Waals surface area contributed by atoms with Crippen LogP contribution in [-0.2, 0) is 11.3 Å². The van der Waals surface area contributed by atoms with E-state index in [0.29, 0.717) is 5.17 Å². The molecule has 8 heteroatoms. The highest BCUT2D eigenvalue weighted by Gasteiger charge is 2.35. The number of benzene rings is 1. The second-order valence-electron chi connectivity index (χ2n) is 6.49. The van der Waals surface area contributed by atoms with Crippen LogP contribution in [0.15, 0.2) is 52.1 Å². The summed E-state index contributed by atoms with van der Waals surface area (Å²) in [7, 11) is 0. The molecule has 2 aliphatic heterocycles. The Kier molecular flexibility index (Phi) is 4.99. The van der Waals surface area contributed by atoms with E-state index in [4.69, 9.17) is 5.41 Å². The topological polar surface area (TPSA) is 73.8 Å². The Morgan fingerprint density at radius 2 is 2.00 bits per heavy atom. The Labute approximate surface area is 171 Å². The highest BCUT2D eigenvalue weighted by molar-refractivity contribution is 8.45. The number of amidine groups is 2. The number of thioether (sulfide) groups is 2. The second-order valence-corrected chi connectivity index (χ2v) is 8.50. The van der Waals surface area contributed by atoms with Crippen LogP contribution < -0.4 is 0 Å². The summed E-state index contributed by atoms with van der Waals surface area (Å²) in [5.41, 5.74) is 4.55. The van der Waals surface area contributed by atoms with Crippen LogP contribution in [0.3, 0.4) is 0 Å². The Morgan fingerprint density at radius 1 is 1.25 bits per heavy atom. The fraction of sp³-hybridized carbons (Fsp3) is 0.200. The van der Waals surface area contributed by atoms with Crippen molar-refractivity contribution >= 4 is 50.9 Å². The smallest absolute Gasteiger partial charge is 0.283 e. The number of carbonyl (C=O) groups excluding carboxylic acids is 1. The summed E-state index contributed by atoms with van der Waals surface area (Å²) < 4.78 is 2.99. The first-order valence-corrected chi connectivity index (χ1v) is 10.8. The molecule has 1 N–H and O–H groups in total. The van der Waals surface area contributed by atoms with Gasteiger partial charge in [0.2, 0.25) is 5.17 Å². The van der Waals surface area contributed by atoms with Gasteiger partial charge in [-0.1, -0.05) is 30.3 Å². The standard InChI is InChI=1S/C20H19N5OS2/c1-12-9-15(13(2)24(12)11-14-7-5-4-6-8-14)10-16-17(21)25-19(22-18(16)26)28-20(23-25)27-3/h4-10,21H,11H2,1-3H3/b16-10-,21-17?. The van der Waals surface area contributed by atoms with Gasteiger partial charge >= 0.3 is 0 Å². The lowest BCUT2D eigenvalue weighted by Crippen LogP contribution is -2.35. The number of hydrogen-bond acceptors (Lipinski definition) is 5. The third-order valence-corrected chi connectivity index (χ3v) is 6.59. The molecule has 0 saturated carbocycles. The zero-order valence-electron chi connectivity index (χ0n) is 15.8. The quantitative estimate of drug-likeness (QED) is 0.775. The number of nitrogens with one attached hydrogen (secondary N) is 1. The molecule has 28 heavy (non-hydrogen) atoms. The minimum Gasteiger partial charge on any atom is -0.344 e. The van der Waals surface area contributed by atoms with Gasteiger partial charge < -0.3 is 4.57 Å². The Balaban J connectivity index is 1.68. The average molecular weight is 410 g/mol. The molecule has 0 radical (unpaired) electrons. The normalized spacial score (nSPS) is 17.8. The van der Waals surface area contributed by atoms with Crippen molar-refractivity contribution < 1.29 is 4.79 Å². The average Bonchev–Trinajstić information content (AvgIpc) is 3.22. The van der Waals surface area contributed by atoms with E-state index in [2.05, 4.69) is 26.8 Å². The molecule has 0 bridgehead atoms. The highest BCUT2D eigenvalue weighted by Crippen LogP contribution is 2.32. The molecule has 0 unspecified atom stereocenters. The van der Waals surface area contributed by atoms with Gasteiger partial charge in [-0.15, -0.1) is 16.9 Å². The SMILES string of the molecule is CSC1=NN2C(=N)/C(=C/c3cc(C)n(Cc4ccccc4)c3C)C(=O)N=C2S1. The highest BCUT2D eigenvalue weighted by atomic mass is 32.2. The molecule has 1 aromatic carbocycles. The number of fused-ring (bicyclic) bond motifs is 1. The molecule has 0 saturated heterocycles. The van der Waals surface area contributed by atoms with E-state index < -0.39 is 5.91 Å². The predicted molar refractivity (Wildman–Crippen MR) is 118 cm³/mol. The Bertz CT molecular complexity index is 1070. The molecule has 2 aromatic rings. The number of aliphatic imine (C=N–C) groups is 1. The summed E-state index contributed by atoms with van der Waals surface area (Å²) in [6.45, 7) is 4.84. The van der Waals surface area contributed by atoms with Gasteiger partial charge in [-0.3, -0.25) is 10.2 Å². The molecular formula is C20H19N5OS2. The van der Waals surface area contributed by atoms with Gasteiger partial charge in [-0.2, -0.15) is 10.0 Å². The van der Waals surface area contributed by atoms with E-state index in [1.54, 1.807) is 6.08 Å². The van der Waals surface area contributed by atoms with Crippen molar-refractivity contribution in [1.82, 2.24) is 9.58 Å². The number of hydrogen-bond donors (Lipinski definition) is 1. The minimum absolute atomic E-state index is 0.0689. The molecule has 1 amide bonds. The molecule has 0 spiro atoms. The van der Waals surface area contributed by atoms with Gasteiger partial charge in [0.25, 0.3) is 5.91 Å². The maximum atomic E-state index is 12.5. The first-order chi connectivity index (χ1) is 13.5. The summed E-state index contributed by atoms with van der Waals surface area (Å²) in [5.74, 6) is -0.325. The Morgan fingerprint density at radius 3 is 2.71 bits per heavy atom. The maximum absolute atomic E-state index is 12.5. The van der Waals surface area contributed by atoms with Crippen molar-refractivity contribution in [2.75, 3.05) is 6.26 Å². The fourth-order valence-electron chi connectivity index (χ4n) is 3.20. The van der Waals surface area contributed by atoms with Crippen LogP contribution >= 0.6 is 23.5 Å². The molecule has 0 aliphatic carbocycles. The van der Waals surface area contributed by atoms with Crippen molar-refractivity contribution in [3.05, 3.63) is 64.5 Å². The third kappa shape index (κ3) is 3.33. The number of aryl methyl sites for hydroxylation is 1. The molecular weight excluding hydrogens is 390 g/mol. The lowest BCUT2D eigenvalue weighted by molar-refractivity contribution is -0.114. The van der Waals surface area contributed by atoms with Crippen molar-refractivity contribution in [2.24, 2.45) is 10.1 Å². The van der Waals surface area contributed by atoms with E-state index >= 15 is 0 Å². The van der Waals surface area contributed by atoms with Gasteiger partial charge in [-0.05, 0) is 55.1 Å². The van der Waals surface area contributed by atoms with Crippen molar-refractivity contribution in [3.8, 4) is 0 Å². The van der Waals surface area contributed by atoms with Gasteiger partial charge in [0.05, 0.1) is 5.57 Å². The van der Waals surface area contributed by atoms with Gasteiger partial charge in [0, 0.05) is 17.9 Å². The lowest BCUT2D eigenvalue weighted by atomic mass is 10.1. The number of rotatable bonds is 3. The van der Waals surface area contributed by atoms with Crippen LogP contribution in [0.1, 0.15) is 22.5 Å². The lowest BCUT2D eigenvalue weighted by Gasteiger charge is -2.20. The summed E-state index contributed by atoms with van der Waals surface area (Å²) in [4.78, 5) is 16.7. The molecule has 4 rings (SSSR count). The van der Waals surface area contributed by atoms with Crippen LogP contribution in [0.4, 0.5) is 0 Å². The first kappa shape index (κ1) is 18.8. The van der Waals surface area contributed by atoms with Crippen LogP contribution in [0.25, 0.3) is 6.08 Å². The third-order valence-electron chi connectivity index (χ3n) is 4.71. The monoisotopic (exact) mass is 409 g/mol. The largest absolute Gasteiger partial charge is 0.344 e. The van der Waals surface area contributed by atoms with E-state index in [1.807, 2.05) is 44.4 Å². The minimum atomic E-state index is -0.394. The maximum Gasteiger partial charge on any atom is 0.283 e. The fourth-order valence-corrected chi connectivity index (χ4v) is 4.54. The molecule has 6 nitrogen and oxygen atoms in total. The zero-order chi connectivity index (χ0) is 19.8. The predicted octanol–water partition coefficient (Wildman–Crippen LogP) is 4.09. The summed E-state index contributed by atoms with van der Waals surface area (Å²) >= 11 is 2.79. The van der Waals surface area contributed by atoms with Crippen molar-refractivity contribution in [2.45, 2.75) is 20.4 Å². The van der Waals surface area contributed by atoms with Crippen molar-refractivity contribution in [3.63, 3.8) is 0 Å².